The van der Waals surface area contributed by atoms with Gasteiger partial charge in [-0.25, -0.2) is 4.79 Å². The van der Waals surface area contributed by atoms with Crippen molar-refractivity contribution in [3.8, 4) is 0 Å². The highest BCUT2D eigenvalue weighted by atomic mass is 127. The van der Waals surface area contributed by atoms with Crippen molar-refractivity contribution in [2.45, 2.75) is 0 Å². The maximum Gasteiger partial charge on any atom is 0.337 e. The first-order chi connectivity index (χ1) is 8.97. The molecular weight excluding hydrogens is 379 g/mol. The smallest absolute Gasteiger partial charge is 0.337 e. The molecule has 0 aliphatic heterocycles. The summed E-state index contributed by atoms with van der Waals surface area (Å²) in [4.78, 5) is 11.0. The fourth-order valence-corrected chi connectivity index (χ4v) is 2.57. The molecule has 4 N–H and O–H groups in total. The van der Waals surface area contributed by atoms with E-state index in [0.717, 1.165) is 9.26 Å². The second-order valence-electron chi connectivity index (χ2n) is 3.86. The summed E-state index contributed by atoms with van der Waals surface area (Å²) in [6, 6.07) is 10.2. The lowest BCUT2D eigenvalue weighted by molar-refractivity contribution is 0.0698. The van der Waals surface area contributed by atoms with E-state index in [1.165, 1.54) is 6.07 Å². The number of hydrogen-bond donors (Lipinski definition) is 3. The van der Waals surface area contributed by atoms with Gasteiger partial charge >= 0.3 is 5.97 Å². The largest absolute Gasteiger partial charge is 0.478 e. The zero-order valence-corrected chi connectivity index (χ0v) is 12.6. The number of carboxylic acids is 1. The molecule has 6 heteroatoms. The van der Waals surface area contributed by atoms with Crippen molar-refractivity contribution in [1.29, 1.82) is 0 Å². The van der Waals surface area contributed by atoms with Gasteiger partial charge in [-0.3, -0.25) is 0 Å². The predicted molar refractivity (Wildman–Crippen MR) is 85.3 cm³/mol. The molecule has 2 rings (SSSR count). The first kappa shape index (κ1) is 14.0. The highest BCUT2D eigenvalue weighted by Crippen LogP contribution is 2.27. The second-order valence-corrected chi connectivity index (χ2v) is 5.45. The monoisotopic (exact) mass is 388 g/mol. The number of benzene rings is 2. The van der Waals surface area contributed by atoms with Crippen LogP contribution in [0.2, 0.25) is 5.02 Å². The summed E-state index contributed by atoms with van der Waals surface area (Å²) in [5.74, 6) is -1.05. The van der Waals surface area contributed by atoms with Gasteiger partial charge < -0.3 is 16.2 Å². The van der Waals surface area contributed by atoms with E-state index in [4.69, 9.17) is 22.4 Å². The van der Waals surface area contributed by atoms with E-state index in [1.807, 2.05) is 12.1 Å². The number of halogens is 2. The highest BCUT2D eigenvalue weighted by Gasteiger charge is 2.09. The van der Waals surface area contributed by atoms with Gasteiger partial charge in [0.25, 0.3) is 0 Å². The standard InChI is InChI=1S/C13H10ClIN2O2/c14-7-1-4-12(10(15)5-7)17-8-2-3-11(16)9(6-8)13(18)19/h1-6,17H,16H2,(H,18,19). The van der Waals surface area contributed by atoms with E-state index >= 15 is 0 Å². The Bertz CT molecular complexity index is 647. The summed E-state index contributed by atoms with van der Waals surface area (Å²) in [5.41, 5.74) is 7.44. The molecule has 0 unspecified atom stereocenters. The van der Waals surface area contributed by atoms with Crippen LogP contribution in [0.3, 0.4) is 0 Å². The topological polar surface area (TPSA) is 75.3 Å². The summed E-state index contributed by atoms with van der Waals surface area (Å²) < 4.78 is 0.943. The Morgan fingerprint density at radius 3 is 2.63 bits per heavy atom. The van der Waals surface area contributed by atoms with E-state index in [9.17, 15) is 4.79 Å². The molecule has 0 heterocycles. The second kappa shape index (κ2) is 5.66. The van der Waals surface area contributed by atoms with E-state index in [-0.39, 0.29) is 11.3 Å². The molecule has 2 aromatic carbocycles. The Morgan fingerprint density at radius 1 is 1.26 bits per heavy atom. The molecule has 0 aliphatic carbocycles. The average Bonchev–Trinajstić information content (AvgIpc) is 2.34. The fraction of sp³-hybridized carbons (Fsp3) is 0. The third-order valence-corrected chi connectivity index (χ3v) is 3.62. The van der Waals surface area contributed by atoms with E-state index < -0.39 is 5.97 Å². The molecule has 0 fully saturated rings. The Morgan fingerprint density at radius 2 is 2.00 bits per heavy atom. The fourth-order valence-electron chi connectivity index (χ4n) is 1.57. The normalized spacial score (nSPS) is 10.2. The summed E-state index contributed by atoms with van der Waals surface area (Å²) in [6.07, 6.45) is 0. The van der Waals surface area contributed by atoms with Crippen LogP contribution in [0.25, 0.3) is 0 Å². The Balaban J connectivity index is 2.33. The lowest BCUT2D eigenvalue weighted by Gasteiger charge is -2.10. The zero-order valence-electron chi connectivity index (χ0n) is 9.65. The van der Waals surface area contributed by atoms with Gasteiger partial charge in [-0.2, -0.15) is 0 Å². The van der Waals surface area contributed by atoms with E-state index in [0.29, 0.717) is 10.7 Å². The van der Waals surface area contributed by atoms with Gasteiger partial charge in [-0.1, -0.05) is 11.6 Å². The van der Waals surface area contributed by atoms with Crippen LogP contribution in [0.5, 0.6) is 0 Å². The number of aromatic carboxylic acids is 1. The van der Waals surface area contributed by atoms with E-state index in [2.05, 4.69) is 27.9 Å². The molecule has 2 aromatic rings. The van der Waals surface area contributed by atoms with Gasteiger partial charge in [0, 0.05) is 20.0 Å². The Labute approximate surface area is 128 Å². The van der Waals surface area contributed by atoms with Crippen molar-refractivity contribution < 1.29 is 9.90 Å². The SMILES string of the molecule is Nc1ccc(Nc2ccc(Cl)cc2I)cc1C(=O)O. The zero-order chi connectivity index (χ0) is 14.0. The predicted octanol–water partition coefficient (Wildman–Crippen LogP) is 3.97. The number of nitrogens with two attached hydrogens (primary N) is 1. The number of carboxylic acid groups (broad SMARTS) is 1. The number of nitrogen functional groups attached to an aromatic ring is 1. The van der Waals surface area contributed by atoms with Crippen LogP contribution in [0.4, 0.5) is 17.1 Å². The quantitative estimate of drug-likeness (QED) is 0.549. The van der Waals surface area contributed by atoms with Crippen molar-refractivity contribution in [2.24, 2.45) is 0 Å². The summed E-state index contributed by atoms with van der Waals surface area (Å²) in [5, 5.41) is 12.8. The first-order valence-corrected chi connectivity index (χ1v) is 6.78. The molecule has 0 bridgehead atoms. The molecule has 0 spiro atoms. The van der Waals surface area contributed by atoms with Gasteiger partial charge in [-0.15, -0.1) is 0 Å². The van der Waals surface area contributed by atoms with Crippen LogP contribution >= 0.6 is 34.2 Å². The van der Waals surface area contributed by atoms with Crippen molar-refractivity contribution in [2.75, 3.05) is 11.1 Å². The maximum absolute atomic E-state index is 11.0. The lowest BCUT2D eigenvalue weighted by Crippen LogP contribution is -2.03. The molecule has 0 aliphatic rings. The molecular formula is C13H10ClIN2O2. The van der Waals surface area contributed by atoms with Crippen molar-refractivity contribution in [3.05, 3.63) is 50.6 Å². The molecule has 0 amide bonds. The van der Waals surface area contributed by atoms with Gasteiger partial charge in [0.05, 0.1) is 11.3 Å². The summed E-state index contributed by atoms with van der Waals surface area (Å²) in [6.45, 7) is 0. The van der Waals surface area contributed by atoms with Gasteiger partial charge in [0.15, 0.2) is 0 Å². The van der Waals surface area contributed by atoms with Crippen LogP contribution in [-0.2, 0) is 0 Å². The van der Waals surface area contributed by atoms with Crippen LogP contribution in [0.15, 0.2) is 36.4 Å². The average molecular weight is 389 g/mol. The first-order valence-electron chi connectivity index (χ1n) is 5.32. The minimum Gasteiger partial charge on any atom is -0.478 e. The summed E-state index contributed by atoms with van der Waals surface area (Å²) in [7, 11) is 0. The van der Waals surface area contributed by atoms with Gasteiger partial charge in [0.1, 0.15) is 0 Å². The van der Waals surface area contributed by atoms with Crippen LogP contribution < -0.4 is 11.1 Å². The Hall–Kier alpha value is -1.47. The molecule has 0 atom stereocenters. The summed E-state index contributed by atoms with van der Waals surface area (Å²) >= 11 is 8.03. The molecule has 19 heavy (non-hydrogen) atoms. The third kappa shape index (κ3) is 3.30. The number of rotatable bonds is 3. The van der Waals surface area contributed by atoms with Gasteiger partial charge in [0.2, 0.25) is 0 Å². The van der Waals surface area contributed by atoms with Crippen molar-refractivity contribution >= 4 is 57.2 Å². The molecule has 98 valence electrons. The highest BCUT2D eigenvalue weighted by molar-refractivity contribution is 14.1. The third-order valence-electron chi connectivity index (χ3n) is 2.49. The number of carbonyl (C=O) groups is 1. The molecule has 0 radical (unpaired) electrons. The Kier molecular flexibility index (Phi) is 4.16. The number of anilines is 3. The van der Waals surface area contributed by atoms with E-state index in [1.54, 1.807) is 18.2 Å². The minimum atomic E-state index is -1.05. The molecule has 0 saturated carbocycles. The number of nitrogens with one attached hydrogen (secondary N) is 1. The van der Waals surface area contributed by atoms with Crippen molar-refractivity contribution in [1.82, 2.24) is 0 Å². The van der Waals surface area contributed by atoms with Crippen molar-refractivity contribution in [3.63, 3.8) is 0 Å². The molecule has 4 nitrogen and oxygen atoms in total. The lowest BCUT2D eigenvalue weighted by atomic mass is 10.1. The van der Waals surface area contributed by atoms with Crippen LogP contribution in [0.1, 0.15) is 10.4 Å². The minimum absolute atomic E-state index is 0.0778. The number of hydrogen-bond acceptors (Lipinski definition) is 3. The van der Waals surface area contributed by atoms with Crippen LogP contribution in [0, 0.1) is 3.57 Å². The molecule has 0 saturated heterocycles. The maximum atomic E-state index is 11.0. The van der Waals surface area contributed by atoms with Gasteiger partial charge in [-0.05, 0) is 59.0 Å². The van der Waals surface area contributed by atoms with Crippen LogP contribution in [-0.4, -0.2) is 11.1 Å². The molecule has 0 aromatic heterocycles.